The smallest absolute Gasteiger partial charge is 0.377 e. The molecule has 0 aliphatic carbocycles. The first kappa shape index (κ1) is 33.1. The minimum Gasteiger partial charge on any atom is -0.377 e. The molecule has 0 radical (unpaired) electrons. The van der Waals surface area contributed by atoms with Crippen LogP contribution in [0.15, 0.2) is 86.0 Å². The highest BCUT2D eigenvalue weighted by Crippen LogP contribution is 2.22. The van der Waals surface area contributed by atoms with Gasteiger partial charge in [-0.05, 0) is 36.9 Å². The topological polar surface area (TPSA) is 75.8 Å². The largest absolute Gasteiger partial charge is 0.500 e. The average molecular weight is 555 g/mol. The van der Waals surface area contributed by atoms with E-state index in [0.29, 0.717) is 6.04 Å². The molecule has 0 heterocycles. The fourth-order valence-electron chi connectivity index (χ4n) is 4.27. The van der Waals surface area contributed by atoms with Crippen LogP contribution in [0.25, 0.3) is 0 Å². The van der Waals surface area contributed by atoms with Gasteiger partial charge in [-0.25, -0.2) is 0 Å². The Balaban J connectivity index is 1.62. The molecule has 7 nitrogen and oxygen atoms in total. The molecule has 2 aromatic carbocycles. The molecule has 2 unspecified atom stereocenters. The van der Waals surface area contributed by atoms with Crippen LogP contribution in [0.2, 0.25) is 6.04 Å². The Kier molecular flexibility index (Phi) is 17.6. The number of hydrogen-bond donors (Lipinski definition) is 4. The number of rotatable bonds is 24. The zero-order valence-corrected chi connectivity index (χ0v) is 25.0. The van der Waals surface area contributed by atoms with E-state index in [2.05, 4.69) is 83.0 Å². The summed E-state index contributed by atoms with van der Waals surface area (Å²) < 4.78 is 18.2. The molecule has 0 fully saturated rings. The van der Waals surface area contributed by atoms with E-state index < -0.39 is 8.80 Å². The van der Waals surface area contributed by atoms with Crippen molar-refractivity contribution in [1.82, 2.24) is 21.3 Å². The third-order valence-corrected chi connectivity index (χ3v) is 9.44. The highest BCUT2D eigenvalue weighted by Gasteiger charge is 2.41. The summed E-state index contributed by atoms with van der Waals surface area (Å²) in [4.78, 5) is 0. The standard InChI is InChI=1S/C31H50N4O3Si/c1-5-30(35-24-23-34-27-29-16-11-8-12-17-29)19-25-39(36-3,37-4)38-31(6-2)18-13-20-32-21-22-33-26-28-14-9-7-10-15-28/h5-12,14-17,30-35H,1-2,13,18-27H2,3-4H3. The van der Waals surface area contributed by atoms with Crippen LogP contribution in [-0.4, -0.2) is 67.9 Å². The molecule has 0 aliphatic heterocycles. The molecule has 4 N–H and O–H groups in total. The van der Waals surface area contributed by atoms with Gasteiger partial charge < -0.3 is 34.5 Å². The molecule has 0 saturated heterocycles. The van der Waals surface area contributed by atoms with E-state index in [9.17, 15) is 0 Å². The zero-order chi connectivity index (χ0) is 28.0. The van der Waals surface area contributed by atoms with Gasteiger partial charge in [-0.15, -0.1) is 13.2 Å². The maximum atomic E-state index is 6.43. The minimum atomic E-state index is -2.83. The normalized spacial score (nSPS) is 13.2. The quantitative estimate of drug-likeness (QED) is 0.0877. The molecule has 0 aliphatic rings. The molecule has 0 bridgehead atoms. The van der Waals surface area contributed by atoms with Gasteiger partial charge in [-0.2, -0.15) is 0 Å². The van der Waals surface area contributed by atoms with Crippen LogP contribution in [0.3, 0.4) is 0 Å². The maximum absolute atomic E-state index is 6.43. The van der Waals surface area contributed by atoms with E-state index in [1.165, 1.54) is 11.1 Å². The van der Waals surface area contributed by atoms with Crippen LogP contribution in [0, 0.1) is 0 Å². The second kappa shape index (κ2) is 20.7. The van der Waals surface area contributed by atoms with E-state index in [4.69, 9.17) is 13.3 Å². The summed E-state index contributed by atoms with van der Waals surface area (Å²) in [5, 5.41) is 14.0. The zero-order valence-electron chi connectivity index (χ0n) is 24.0. The third-order valence-electron chi connectivity index (χ3n) is 6.63. The van der Waals surface area contributed by atoms with Gasteiger partial charge in [0.15, 0.2) is 0 Å². The number of nitrogens with one attached hydrogen (secondary N) is 4. The van der Waals surface area contributed by atoms with Gasteiger partial charge in [0.25, 0.3) is 0 Å². The summed E-state index contributed by atoms with van der Waals surface area (Å²) in [5.41, 5.74) is 2.59. The van der Waals surface area contributed by atoms with Gasteiger partial charge in [0, 0.05) is 65.6 Å². The Labute approximate surface area is 237 Å². The molecule has 0 amide bonds. The summed E-state index contributed by atoms with van der Waals surface area (Å²) in [6.45, 7) is 14.3. The van der Waals surface area contributed by atoms with Crippen molar-refractivity contribution in [3.8, 4) is 0 Å². The molecule has 0 saturated carbocycles. The molecule has 0 aromatic heterocycles. The summed E-state index contributed by atoms with van der Waals surface area (Å²) >= 11 is 0. The molecule has 216 valence electrons. The van der Waals surface area contributed by atoms with E-state index in [-0.39, 0.29) is 12.1 Å². The van der Waals surface area contributed by atoms with E-state index >= 15 is 0 Å². The van der Waals surface area contributed by atoms with Crippen molar-refractivity contribution in [3.63, 3.8) is 0 Å². The highest BCUT2D eigenvalue weighted by atomic mass is 28.4. The predicted molar refractivity (Wildman–Crippen MR) is 165 cm³/mol. The van der Waals surface area contributed by atoms with Gasteiger partial charge in [0.05, 0.1) is 6.10 Å². The Hall–Kier alpha value is -2.14. The summed E-state index contributed by atoms with van der Waals surface area (Å²) in [6, 6.07) is 21.7. The first-order valence-corrected chi connectivity index (χ1v) is 16.0. The van der Waals surface area contributed by atoms with Gasteiger partial charge >= 0.3 is 8.80 Å². The van der Waals surface area contributed by atoms with Gasteiger partial charge in [-0.3, -0.25) is 0 Å². The lowest BCUT2D eigenvalue weighted by Gasteiger charge is -2.31. The average Bonchev–Trinajstić information content (AvgIpc) is 2.99. The lowest BCUT2D eigenvalue weighted by molar-refractivity contribution is 0.0688. The van der Waals surface area contributed by atoms with Crippen molar-refractivity contribution < 1.29 is 13.3 Å². The SMILES string of the molecule is C=CC(CC[Si](OC)(OC)OC(C=C)CCCNCCNCc1ccccc1)NCCNCc1ccccc1. The Morgan fingerprint density at radius 2 is 1.28 bits per heavy atom. The number of benzene rings is 2. The third kappa shape index (κ3) is 14.2. The highest BCUT2D eigenvalue weighted by molar-refractivity contribution is 6.60. The van der Waals surface area contributed by atoms with Crippen LogP contribution in [0.1, 0.15) is 30.4 Å². The molecule has 8 heteroatoms. The monoisotopic (exact) mass is 554 g/mol. The van der Waals surface area contributed by atoms with Gasteiger partial charge in [0.2, 0.25) is 0 Å². The van der Waals surface area contributed by atoms with Gasteiger partial charge in [0.1, 0.15) is 0 Å². The minimum absolute atomic E-state index is 0.105. The van der Waals surface area contributed by atoms with Crippen LogP contribution in [0.4, 0.5) is 0 Å². The maximum Gasteiger partial charge on any atom is 0.500 e. The predicted octanol–water partition coefficient (Wildman–Crippen LogP) is 4.27. The molecule has 2 aromatic rings. The van der Waals surface area contributed by atoms with E-state index in [0.717, 1.165) is 65.1 Å². The van der Waals surface area contributed by atoms with Crippen molar-refractivity contribution in [2.24, 2.45) is 0 Å². The van der Waals surface area contributed by atoms with Crippen molar-refractivity contribution in [1.29, 1.82) is 0 Å². The second-order valence-electron chi connectivity index (χ2n) is 9.54. The van der Waals surface area contributed by atoms with Crippen molar-refractivity contribution >= 4 is 8.80 Å². The lowest BCUT2D eigenvalue weighted by atomic mass is 10.2. The molecular weight excluding hydrogens is 504 g/mol. The van der Waals surface area contributed by atoms with Crippen molar-refractivity contribution in [2.45, 2.75) is 50.5 Å². The first-order chi connectivity index (χ1) is 19.1. The second-order valence-corrected chi connectivity index (χ2v) is 12.5. The summed E-state index contributed by atoms with van der Waals surface area (Å²) in [6.07, 6.45) is 6.39. The first-order valence-electron chi connectivity index (χ1n) is 14.1. The Morgan fingerprint density at radius 3 is 1.82 bits per heavy atom. The van der Waals surface area contributed by atoms with Crippen LogP contribution in [-0.2, 0) is 26.4 Å². The molecule has 39 heavy (non-hydrogen) atoms. The Bertz CT molecular complexity index is 884. The number of hydrogen-bond acceptors (Lipinski definition) is 7. The molecular formula is C31H50N4O3Si. The molecule has 2 atom stereocenters. The lowest BCUT2D eigenvalue weighted by Crippen LogP contribution is -2.47. The fourth-order valence-corrected chi connectivity index (χ4v) is 6.49. The summed E-state index contributed by atoms with van der Waals surface area (Å²) in [7, 11) is 0.540. The van der Waals surface area contributed by atoms with Crippen LogP contribution in [0.5, 0.6) is 0 Å². The van der Waals surface area contributed by atoms with E-state index in [1.807, 2.05) is 24.3 Å². The van der Waals surface area contributed by atoms with Crippen LogP contribution < -0.4 is 21.3 Å². The molecule has 0 spiro atoms. The van der Waals surface area contributed by atoms with Gasteiger partial charge in [-0.1, -0.05) is 72.8 Å². The van der Waals surface area contributed by atoms with Crippen LogP contribution >= 0.6 is 0 Å². The Morgan fingerprint density at radius 1 is 0.718 bits per heavy atom. The van der Waals surface area contributed by atoms with E-state index in [1.54, 1.807) is 14.2 Å². The summed E-state index contributed by atoms with van der Waals surface area (Å²) in [5.74, 6) is 0. The molecule has 2 rings (SSSR count). The van der Waals surface area contributed by atoms with Crippen molar-refractivity contribution in [3.05, 3.63) is 97.1 Å². The fraction of sp³-hybridized carbons (Fsp3) is 0.484. The van der Waals surface area contributed by atoms with Crippen molar-refractivity contribution in [2.75, 3.05) is 46.9 Å².